The molecule has 0 aliphatic carbocycles. The minimum absolute atomic E-state index is 0.206. The molecule has 2 aromatic rings. The zero-order valence-electron chi connectivity index (χ0n) is 16.5. The lowest BCUT2D eigenvalue weighted by atomic mass is 10.1. The minimum atomic E-state index is -0.206. The zero-order valence-corrected chi connectivity index (χ0v) is 16.5. The number of carbonyl (C=O) groups excluding carboxylic acids is 1. The maximum Gasteiger partial charge on any atom is 0.257 e. The number of hydrogen-bond donors (Lipinski definition) is 0. The van der Waals surface area contributed by atoms with E-state index in [1.807, 2.05) is 6.07 Å². The second-order valence-electron chi connectivity index (χ2n) is 5.70. The summed E-state index contributed by atoms with van der Waals surface area (Å²) in [5, 5.41) is 0. The molecule has 0 saturated carbocycles. The normalized spacial score (nSPS) is 10.1. The molecule has 0 radical (unpaired) electrons. The van der Waals surface area contributed by atoms with E-state index < -0.39 is 0 Å². The smallest absolute Gasteiger partial charge is 0.257 e. The highest BCUT2D eigenvalue weighted by atomic mass is 16.5. The van der Waals surface area contributed by atoms with Crippen LogP contribution >= 0.6 is 0 Å². The van der Waals surface area contributed by atoms with E-state index in [0.29, 0.717) is 40.9 Å². The van der Waals surface area contributed by atoms with Gasteiger partial charge in [-0.1, -0.05) is 6.07 Å². The summed E-state index contributed by atoms with van der Waals surface area (Å²) in [6.45, 7) is 0.308. The fourth-order valence-electron chi connectivity index (χ4n) is 2.88. The van der Waals surface area contributed by atoms with Crippen molar-refractivity contribution < 1.29 is 28.5 Å². The van der Waals surface area contributed by atoms with Crippen molar-refractivity contribution in [1.82, 2.24) is 4.90 Å². The highest BCUT2D eigenvalue weighted by Crippen LogP contribution is 2.40. The van der Waals surface area contributed by atoms with Crippen LogP contribution in [0.2, 0.25) is 0 Å². The first-order valence-electron chi connectivity index (χ1n) is 8.26. The van der Waals surface area contributed by atoms with E-state index in [-0.39, 0.29) is 5.91 Å². The predicted molar refractivity (Wildman–Crippen MR) is 101 cm³/mol. The van der Waals surface area contributed by atoms with Crippen LogP contribution in [0.5, 0.6) is 28.7 Å². The van der Waals surface area contributed by atoms with Gasteiger partial charge < -0.3 is 28.6 Å². The van der Waals surface area contributed by atoms with Crippen LogP contribution in [-0.2, 0) is 6.54 Å². The lowest BCUT2D eigenvalue weighted by Crippen LogP contribution is -2.27. The summed E-state index contributed by atoms with van der Waals surface area (Å²) >= 11 is 0. The van der Waals surface area contributed by atoms with Crippen LogP contribution in [0.1, 0.15) is 15.9 Å². The summed E-state index contributed by atoms with van der Waals surface area (Å²) in [5.74, 6) is 2.26. The summed E-state index contributed by atoms with van der Waals surface area (Å²) in [7, 11) is 9.39. The van der Waals surface area contributed by atoms with Crippen molar-refractivity contribution in [2.75, 3.05) is 42.6 Å². The number of hydrogen-bond acceptors (Lipinski definition) is 6. The molecule has 0 unspecified atom stereocenters. The van der Waals surface area contributed by atoms with Gasteiger partial charge in [-0.25, -0.2) is 0 Å². The summed E-state index contributed by atoms with van der Waals surface area (Å²) in [6.07, 6.45) is 0. The van der Waals surface area contributed by atoms with E-state index >= 15 is 0 Å². The molecule has 0 aliphatic heterocycles. The highest BCUT2D eigenvalue weighted by Gasteiger charge is 2.22. The lowest BCUT2D eigenvalue weighted by Gasteiger charge is -2.22. The highest BCUT2D eigenvalue weighted by molar-refractivity contribution is 5.97. The van der Waals surface area contributed by atoms with Gasteiger partial charge >= 0.3 is 0 Å². The molecule has 0 fully saturated rings. The fourth-order valence-corrected chi connectivity index (χ4v) is 2.88. The maximum atomic E-state index is 13.0. The number of amides is 1. The Balaban J connectivity index is 2.35. The van der Waals surface area contributed by atoms with Crippen molar-refractivity contribution in [2.45, 2.75) is 6.54 Å². The average molecular weight is 375 g/mol. The minimum Gasteiger partial charge on any atom is -0.493 e. The third-order valence-electron chi connectivity index (χ3n) is 4.17. The Morgan fingerprint density at radius 1 is 0.778 bits per heavy atom. The van der Waals surface area contributed by atoms with Gasteiger partial charge in [-0.3, -0.25) is 4.79 Å². The van der Waals surface area contributed by atoms with Crippen molar-refractivity contribution in [1.29, 1.82) is 0 Å². The molecule has 0 saturated heterocycles. The van der Waals surface area contributed by atoms with Crippen LogP contribution in [0.25, 0.3) is 0 Å². The predicted octanol–water partition coefficient (Wildman–Crippen LogP) is 3.00. The van der Waals surface area contributed by atoms with E-state index in [1.165, 1.54) is 14.2 Å². The molecule has 7 heteroatoms. The number of ether oxygens (including phenoxy) is 5. The first-order valence-corrected chi connectivity index (χ1v) is 8.26. The Bertz CT molecular complexity index is 805. The molecule has 0 N–H and O–H groups in total. The molecule has 2 aromatic carbocycles. The van der Waals surface area contributed by atoms with Crippen LogP contribution in [-0.4, -0.2) is 53.4 Å². The topological polar surface area (TPSA) is 66.5 Å². The number of benzene rings is 2. The monoisotopic (exact) mass is 375 g/mol. The van der Waals surface area contributed by atoms with Crippen LogP contribution in [0.3, 0.4) is 0 Å². The van der Waals surface area contributed by atoms with E-state index in [9.17, 15) is 4.79 Å². The molecule has 0 aromatic heterocycles. The first-order chi connectivity index (χ1) is 13.0. The van der Waals surface area contributed by atoms with Gasteiger partial charge in [0.15, 0.2) is 23.0 Å². The van der Waals surface area contributed by atoms with E-state index in [1.54, 1.807) is 57.5 Å². The summed E-state index contributed by atoms with van der Waals surface area (Å²) in [6, 6.07) is 8.81. The van der Waals surface area contributed by atoms with Gasteiger partial charge in [0.2, 0.25) is 5.75 Å². The molecule has 0 atom stereocenters. The molecular formula is C20H25NO6. The Hall–Kier alpha value is -3.09. The van der Waals surface area contributed by atoms with Crippen molar-refractivity contribution in [3.8, 4) is 28.7 Å². The van der Waals surface area contributed by atoms with Crippen molar-refractivity contribution >= 4 is 5.91 Å². The number of nitrogens with zero attached hydrogens (tertiary/aromatic N) is 1. The molecule has 0 heterocycles. The fraction of sp³-hybridized carbons (Fsp3) is 0.350. The molecule has 0 aliphatic rings. The lowest BCUT2D eigenvalue weighted by molar-refractivity contribution is 0.0780. The Labute approximate surface area is 159 Å². The molecule has 7 nitrogen and oxygen atoms in total. The second kappa shape index (κ2) is 9.02. The Morgan fingerprint density at radius 3 is 1.93 bits per heavy atom. The third-order valence-corrected chi connectivity index (χ3v) is 4.17. The number of rotatable bonds is 8. The number of para-hydroxylation sites is 1. The van der Waals surface area contributed by atoms with Gasteiger partial charge in [0.1, 0.15) is 0 Å². The average Bonchev–Trinajstić information content (AvgIpc) is 2.71. The van der Waals surface area contributed by atoms with Gasteiger partial charge in [-0.05, 0) is 24.3 Å². The standard InChI is InChI=1S/C20H25NO6/c1-21(20(22)14-8-7-9-15(23-2)18(14)26-5)12-13-10-11-16(24-3)19(27-6)17(13)25-4/h7-11H,12H2,1-6H3. The molecule has 27 heavy (non-hydrogen) atoms. The zero-order chi connectivity index (χ0) is 20.0. The van der Waals surface area contributed by atoms with Gasteiger partial charge in [-0.15, -0.1) is 0 Å². The molecule has 1 amide bonds. The molecular weight excluding hydrogens is 350 g/mol. The van der Waals surface area contributed by atoms with E-state index in [4.69, 9.17) is 23.7 Å². The third kappa shape index (κ3) is 4.02. The summed E-state index contributed by atoms with van der Waals surface area (Å²) in [4.78, 5) is 14.5. The van der Waals surface area contributed by atoms with Crippen LogP contribution < -0.4 is 23.7 Å². The number of methoxy groups -OCH3 is 5. The van der Waals surface area contributed by atoms with Crippen molar-refractivity contribution in [3.05, 3.63) is 41.5 Å². The van der Waals surface area contributed by atoms with Gasteiger partial charge in [0.05, 0.1) is 41.1 Å². The van der Waals surface area contributed by atoms with Gasteiger partial charge in [-0.2, -0.15) is 0 Å². The first kappa shape index (κ1) is 20.2. The van der Waals surface area contributed by atoms with E-state index in [2.05, 4.69) is 0 Å². The Kier molecular flexibility index (Phi) is 6.76. The quantitative estimate of drug-likeness (QED) is 0.707. The number of carbonyl (C=O) groups is 1. The summed E-state index contributed by atoms with van der Waals surface area (Å²) < 4.78 is 26.8. The SMILES string of the molecule is COc1cccc(C(=O)N(C)Cc2ccc(OC)c(OC)c2OC)c1OC. The van der Waals surface area contributed by atoms with Gasteiger partial charge in [0, 0.05) is 19.2 Å². The Morgan fingerprint density at radius 2 is 1.37 bits per heavy atom. The van der Waals surface area contributed by atoms with Crippen LogP contribution in [0.15, 0.2) is 30.3 Å². The molecule has 2 rings (SSSR count). The van der Waals surface area contributed by atoms with Gasteiger partial charge in [0.25, 0.3) is 5.91 Å². The molecule has 146 valence electrons. The maximum absolute atomic E-state index is 13.0. The van der Waals surface area contributed by atoms with E-state index in [0.717, 1.165) is 5.56 Å². The van der Waals surface area contributed by atoms with Crippen molar-refractivity contribution in [2.24, 2.45) is 0 Å². The van der Waals surface area contributed by atoms with Crippen LogP contribution in [0, 0.1) is 0 Å². The second-order valence-corrected chi connectivity index (χ2v) is 5.70. The largest absolute Gasteiger partial charge is 0.493 e. The van der Waals surface area contributed by atoms with Crippen molar-refractivity contribution in [3.63, 3.8) is 0 Å². The van der Waals surface area contributed by atoms with Crippen LogP contribution in [0.4, 0.5) is 0 Å². The summed E-state index contributed by atoms with van der Waals surface area (Å²) in [5.41, 5.74) is 1.20. The molecule has 0 bridgehead atoms. The molecule has 0 spiro atoms.